The first kappa shape index (κ1) is 15.5. The number of nitrogens with zero attached hydrogens (tertiary/aromatic N) is 2. The van der Waals surface area contributed by atoms with E-state index >= 15 is 0 Å². The predicted octanol–water partition coefficient (Wildman–Crippen LogP) is 3.32. The Balaban J connectivity index is 1.49. The summed E-state index contributed by atoms with van der Waals surface area (Å²) in [5.74, 6) is 1.52. The number of carbonyl (C=O) groups excluding carboxylic acids is 1. The predicted molar refractivity (Wildman–Crippen MR) is 89.5 cm³/mol. The van der Waals surface area contributed by atoms with Gasteiger partial charge >= 0.3 is 0 Å². The lowest BCUT2D eigenvalue weighted by Crippen LogP contribution is -2.29. The summed E-state index contributed by atoms with van der Waals surface area (Å²) in [6.07, 6.45) is 5.41. The van der Waals surface area contributed by atoms with Crippen LogP contribution in [-0.2, 0) is 0 Å². The summed E-state index contributed by atoms with van der Waals surface area (Å²) in [6.45, 7) is 4.29. The van der Waals surface area contributed by atoms with Crippen molar-refractivity contribution in [1.29, 1.82) is 0 Å². The largest absolute Gasteiger partial charge is 0.494 e. The second-order valence-corrected chi connectivity index (χ2v) is 6.05. The molecule has 0 aliphatic carbocycles. The van der Waals surface area contributed by atoms with Gasteiger partial charge in [0.15, 0.2) is 0 Å². The Morgan fingerprint density at radius 3 is 2.91 bits per heavy atom. The molecule has 2 heterocycles. The van der Waals surface area contributed by atoms with Crippen molar-refractivity contribution >= 4 is 5.91 Å². The Morgan fingerprint density at radius 1 is 1.30 bits per heavy atom. The van der Waals surface area contributed by atoms with Crippen LogP contribution in [0.3, 0.4) is 0 Å². The van der Waals surface area contributed by atoms with E-state index in [0.29, 0.717) is 18.1 Å². The van der Waals surface area contributed by atoms with Crippen LogP contribution < -0.4 is 4.74 Å². The lowest BCUT2D eigenvalue weighted by Gasteiger charge is -2.17. The summed E-state index contributed by atoms with van der Waals surface area (Å²) < 4.78 is 5.75. The van der Waals surface area contributed by atoms with Gasteiger partial charge in [0.25, 0.3) is 5.91 Å². The Kier molecular flexibility index (Phi) is 4.91. The lowest BCUT2D eigenvalue weighted by atomic mass is 10.1. The molecule has 1 unspecified atom stereocenters. The zero-order chi connectivity index (χ0) is 16.1. The molecule has 0 N–H and O–H groups in total. The molecule has 1 aromatic carbocycles. The number of ether oxygens (including phenoxy) is 1. The van der Waals surface area contributed by atoms with Crippen LogP contribution in [0.4, 0.5) is 0 Å². The Hall–Kier alpha value is -2.36. The number of rotatable bonds is 5. The summed E-state index contributed by atoms with van der Waals surface area (Å²) in [5, 5.41) is 0. The van der Waals surface area contributed by atoms with Crippen LogP contribution in [0.15, 0.2) is 48.8 Å². The second kappa shape index (κ2) is 7.27. The molecule has 1 aliphatic heterocycles. The fraction of sp³-hybridized carbons (Fsp3) is 0.368. The fourth-order valence-electron chi connectivity index (χ4n) is 2.97. The third-order valence-electron chi connectivity index (χ3n) is 4.38. The van der Waals surface area contributed by atoms with E-state index in [9.17, 15) is 4.79 Å². The van der Waals surface area contributed by atoms with E-state index in [-0.39, 0.29) is 5.91 Å². The average Bonchev–Trinajstić information content (AvgIpc) is 3.05. The first-order chi connectivity index (χ1) is 11.2. The number of likely N-dealkylation sites (tertiary alicyclic amines) is 1. The SMILES string of the molecule is Cc1ccncc1C(=O)N1CCC(CCOc2ccccc2)C1. The average molecular weight is 310 g/mol. The molecule has 1 atom stereocenters. The molecule has 1 aliphatic rings. The van der Waals surface area contributed by atoms with Crippen molar-refractivity contribution in [2.24, 2.45) is 5.92 Å². The maximum absolute atomic E-state index is 12.6. The molecule has 120 valence electrons. The fourth-order valence-corrected chi connectivity index (χ4v) is 2.97. The van der Waals surface area contributed by atoms with Crippen molar-refractivity contribution in [3.8, 4) is 5.75 Å². The number of pyridine rings is 1. The number of hydrogen-bond acceptors (Lipinski definition) is 3. The zero-order valence-corrected chi connectivity index (χ0v) is 13.4. The molecular weight excluding hydrogens is 288 g/mol. The summed E-state index contributed by atoms with van der Waals surface area (Å²) in [7, 11) is 0. The van der Waals surface area contributed by atoms with Crippen LogP contribution in [-0.4, -0.2) is 35.5 Å². The Labute approximate surface area is 137 Å². The maximum atomic E-state index is 12.6. The topological polar surface area (TPSA) is 42.4 Å². The van der Waals surface area contributed by atoms with E-state index in [4.69, 9.17) is 4.74 Å². The molecule has 2 aromatic rings. The highest BCUT2D eigenvalue weighted by molar-refractivity contribution is 5.95. The maximum Gasteiger partial charge on any atom is 0.255 e. The van der Waals surface area contributed by atoms with Crippen LogP contribution in [0.5, 0.6) is 5.75 Å². The van der Waals surface area contributed by atoms with Gasteiger partial charge in [-0.05, 0) is 49.4 Å². The summed E-state index contributed by atoms with van der Waals surface area (Å²) in [4.78, 5) is 18.6. The molecule has 3 rings (SSSR count). The highest BCUT2D eigenvalue weighted by Crippen LogP contribution is 2.22. The van der Waals surface area contributed by atoms with E-state index in [0.717, 1.165) is 37.2 Å². The van der Waals surface area contributed by atoms with E-state index in [2.05, 4.69) is 4.98 Å². The number of aromatic nitrogens is 1. The number of amides is 1. The Bertz CT molecular complexity index is 657. The van der Waals surface area contributed by atoms with Gasteiger partial charge in [-0.2, -0.15) is 0 Å². The summed E-state index contributed by atoms with van der Waals surface area (Å²) >= 11 is 0. The normalized spacial score (nSPS) is 17.3. The van der Waals surface area contributed by atoms with Gasteiger partial charge in [-0.15, -0.1) is 0 Å². The highest BCUT2D eigenvalue weighted by Gasteiger charge is 2.27. The monoisotopic (exact) mass is 310 g/mol. The van der Waals surface area contributed by atoms with Gasteiger partial charge in [0.2, 0.25) is 0 Å². The summed E-state index contributed by atoms with van der Waals surface area (Å²) in [6, 6.07) is 11.7. The van der Waals surface area contributed by atoms with E-state index in [1.807, 2.05) is 48.2 Å². The van der Waals surface area contributed by atoms with Crippen molar-refractivity contribution < 1.29 is 9.53 Å². The highest BCUT2D eigenvalue weighted by atomic mass is 16.5. The third kappa shape index (κ3) is 3.89. The minimum absolute atomic E-state index is 0.0991. The van der Waals surface area contributed by atoms with Crippen LogP contribution in [0.2, 0.25) is 0 Å². The number of hydrogen-bond donors (Lipinski definition) is 0. The minimum atomic E-state index is 0.0991. The molecule has 1 aromatic heterocycles. The molecule has 23 heavy (non-hydrogen) atoms. The summed E-state index contributed by atoms with van der Waals surface area (Å²) in [5.41, 5.74) is 1.70. The minimum Gasteiger partial charge on any atom is -0.494 e. The van der Waals surface area contributed by atoms with Gasteiger partial charge < -0.3 is 9.64 Å². The first-order valence-corrected chi connectivity index (χ1v) is 8.12. The van der Waals surface area contributed by atoms with Gasteiger partial charge in [-0.1, -0.05) is 18.2 Å². The van der Waals surface area contributed by atoms with Gasteiger partial charge in [-0.25, -0.2) is 0 Å². The number of carbonyl (C=O) groups is 1. The van der Waals surface area contributed by atoms with Crippen molar-refractivity contribution in [2.75, 3.05) is 19.7 Å². The van der Waals surface area contributed by atoms with Gasteiger partial charge in [-0.3, -0.25) is 9.78 Å². The number of benzene rings is 1. The third-order valence-corrected chi connectivity index (χ3v) is 4.38. The second-order valence-electron chi connectivity index (χ2n) is 6.05. The van der Waals surface area contributed by atoms with E-state index in [1.165, 1.54) is 0 Å². The smallest absolute Gasteiger partial charge is 0.255 e. The van der Waals surface area contributed by atoms with Crippen molar-refractivity contribution in [3.63, 3.8) is 0 Å². The van der Waals surface area contributed by atoms with Crippen LogP contribution >= 0.6 is 0 Å². The Morgan fingerprint density at radius 2 is 2.13 bits per heavy atom. The van der Waals surface area contributed by atoms with Crippen LogP contribution in [0.1, 0.15) is 28.8 Å². The molecule has 1 fully saturated rings. The lowest BCUT2D eigenvalue weighted by molar-refractivity contribution is 0.0784. The molecule has 0 spiro atoms. The molecule has 4 heteroatoms. The quantitative estimate of drug-likeness (QED) is 0.851. The molecule has 0 bridgehead atoms. The van der Waals surface area contributed by atoms with Gasteiger partial charge in [0.05, 0.1) is 12.2 Å². The first-order valence-electron chi connectivity index (χ1n) is 8.12. The van der Waals surface area contributed by atoms with Crippen molar-refractivity contribution in [1.82, 2.24) is 9.88 Å². The van der Waals surface area contributed by atoms with Crippen molar-refractivity contribution in [3.05, 3.63) is 59.9 Å². The molecule has 1 saturated heterocycles. The van der Waals surface area contributed by atoms with Crippen LogP contribution in [0.25, 0.3) is 0 Å². The zero-order valence-electron chi connectivity index (χ0n) is 13.4. The molecule has 0 radical (unpaired) electrons. The van der Waals surface area contributed by atoms with E-state index < -0.39 is 0 Å². The molecular formula is C19H22N2O2. The molecule has 1 amide bonds. The molecule has 0 saturated carbocycles. The van der Waals surface area contributed by atoms with E-state index in [1.54, 1.807) is 12.4 Å². The molecule has 4 nitrogen and oxygen atoms in total. The van der Waals surface area contributed by atoms with Gasteiger partial charge in [0.1, 0.15) is 5.75 Å². The number of para-hydroxylation sites is 1. The van der Waals surface area contributed by atoms with Crippen LogP contribution in [0, 0.1) is 12.8 Å². The van der Waals surface area contributed by atoms with Gasteiger partial charge in [0, 0.05) is 25.5 Å². The number of aryl methyl sites for hydroxylation is 1. The standard InChI is InChI=1S/C19H22N2O2/c1-15-7-10-20-13-18(15)19(22)21-11-8-16(14-21)9-12-23-17-5-3-2-4-6-17/h2-7,10,13,16H,8-9,11-12,14H2,1H3. The van der Waals surface area contributed by atoms with Crippen molar-refractivity contribution in [2.45, 2.75) is 19.8 Å².